The number of nitrogens with zero attached hydrogens (tertiary/aromatic N) is 3. The average Bonchev–Trinajstić information content (AvgIpc) is 2.46. The van der Waals surface area contributed by atoms with Crippen LogP contribution in [0.2, 0.25) is 0 Å². The summed E-state index contributed by atoms with van der Waals surface area (Å²) >= 11 is 3.35. The van der Waals surface area contributed by atoms with Crippen LogP contribution in [-0.2, 0) is 4.79 Å². The van der Waals surface area contributed by atoms with E-state index in [0.717, 1.165) is 31.1 Å². The van der Waals surface area contributed by atoms with E-state index in [2.05, 4.69) is 25.9 Å². The van der Waals surface area contributed by atoms with Crippen molar-refractivity contribution in [1.29, 1.82) is 0 Å². The summed E-state index contributed by atoms with van der Waals surface area (Å²) < 4.78 is 5.71. The lowest BCUT2D eigenvalue weighted by atomic mass is 10.1. The number of aromatic nitrogens is 2. The van der Waals surface area contributed by atoms with Crippen LogP contribution in [0, 0.1) is 0 Å². The van der Waals surface area contributed by atoms with Gasteiger partial charge in [0.15, 0.2) is 0 Å². The smallest absolute Gasteiger partial charge is 0.316 e. The largest absolute Gasteiger partial charge is 0.458 e. The molecule has 0 spiro atoms. The molecule has 1 aliphatic rings. The quantitative estimate of drug-likeness (QED) is 0.776. The summed E-state index contributed by atoms with van der Waals surface area (Å²) in [4.78, 5) is 22.0. The highest BCUT2D eigenvalue weighted by molar-refractivity contribution is 9.09. The van der Waals surface area contributed by atoms with Crippen molar-refractivity contribution >= 4 is 21.8 Å². The average molecular weight is 328 g/mol. The van der Waals surface area contributed by atoms with E-state index in [1.54, 1.807) is 18.5 Å². The van der Waals surface area contributed by atoms with Crippen molar-refractivity contribution in [3.63, 3.8) is 0 Å². The Morgan fingerprint density at radius 3 is 3.00 bits per heavy atom. The van der Waals surface area contributed by atoms with Gasteiger partial charge in [-0.05, 0) is 25.3 Å². The fourth-order valence-corrected chi connectivity index (χ4v) is 2.41. The number of carbonyl (C=O) groups excluding carboxylic acids is 1. The minimum absolute atomic E-state index is 0.00377. The van der Waals surface area contributed by atoms with Crippen LogP contribution in [0.1, 0.15) is 25.7 Å². The molecule has 5 nitrogen and oxygen atoms in total. The van der Waals surface area contributed by atoms with Gasteiger partial charge in [0.25, 0.3) is 0 Å². The van der Waals surface area contributed by atoms with Gasteiger partial charge in [-0.15, -0.1) is 0 Å². The Bertz CT molecular complexity index is 402. The molecule has 0 aromatic carbocycles. The van der Waals surface area contributed by atoms with Crippen LogP contribution in [0.3, 0.4) is 0 Å². The van der Waals surface area contributed by atoms with Gasteiger partial charge in [-0.25, -0.2) is 9.97 Å². The van der Waals surface area contributed by atoms with Crippen LogP contribution in [0.15, 0.2) is 18.5 Å². The SMILES string of the molecule is O=C(CCCBr)N1CCCC(Oc2ncccn2)C1. The number of hydrogen-bond acceptors (Lipinski definition) is 4. The van der Waals surface area contributed by atoms with Crippen LogP contribution in [-0.4, -0.2) is 45.3 Å². The molecule has 6 heteroatoms. The first-order valence-corrected chi connectivity index (χ1v) is 7.69. The van der Waals surface area contributed by atoms with Crippen molar-refractivity contribution in [2.75, 3.05) is 18.4 Å². The summed E-state index contributed by atoms with van der Waals surface area (Å²) in [6.07, 6.45) is 6.71. The van der Waals surface area contributed by atoms with Crippen molar-refractivity contribution in [2.45, 2.75) is 31.8 Å². The fraction of sp³-hybridized carbons (Fsp3) is 0.615. The first-order valence-electron chi connectivity index (χ1n) is 6.57. The predicted molar refractivity (Wildman–Crippen MR) is 75.3 cm³/mol. The van der Waals surface area contributed by atoms with Crippen LogP contribution in [0.25, 0.3) is 0 Å². The van der Waals surface area contributed by atoms with E-state index in [1.165, 1.54) is 0 Å². The molecule has 1 amide bonds. The van der Waals surface area contributed by atoms with Crippen molar-refractivity contribution in [1.82, 2.24) is 14.9 Å². The zero-order valence-corrected chi connectivity index (χ0v) is 12.4. The molecule has 104 valence electrons. The third-order valence-corrected chi connectivity index (χ3v) is 3.63. The Labute approximate surface area is 121 Å². The van der Waals surface area contributed by atoms with Gasteiger partial charge in [0.1, 0.15) is 6.10 Å². The monoisotopic (exact) mass is 327 g/mol. The van der Waals surface area contributed by atoms with Gasteiger partial charge in [-0.3, -0.25) is 4.79 Å². The lowest BCUT2D eigenvalue weighted by Crippen LogP contribution is -2.44. The van der Waals surface area contributed by atoms with Crippen molar-refractivity contribution in [2.24, 2.45) is 0 Å². The molecule has 19 heavy (non-hydrogen) atoms. The summed E-state index contributed by atoms with van der Waals surface area (Å²) in [6, 6.07) is 2.14. The zero-order valence-electron chi connectivity index (χ0n) is 10.8. The number of alkyl halides is 1. The Morgan fingerprint density at radius 1 is 1.47 bits per heavy atom. The molecule has 2 heterocycles. The molecule has 1 unspecified atom stereocenters. The highest BCUT2D eigenvalue weighted by atomic mass is 79.9. The summed E-state index contributed by atoms with van der Waals surface area (Å²) in [5.41, 5.74) is 0. The number of hydrogen-bond donors (Lipinski definition) is 0. The van der Waals surface area contributed by atoms with Gasteiger partial charge in [-0.2, -0.15) is 0 Å². The van der Waals surface area contributed by atoms with Crippen LogP contribution in [0.5, 0.6) is 6.01 Å². The third-order valence-electron chi connectivity index (χ3n) is 3.07. The Hall–Kier alpha value is -1.17. The summed E-state index contributed by atoms with van der Waals surface area (Å²) in [5, 5.41) is 0.865. The van der Waals surface area contributed by atoms with E-state index in [1.807, 2.05) is 4.90 Å². The maximum absolute atomic E-state index is 12.0. The van der Waals surface area contributed by atoms with Gasteiger partial charge in [0, 0.05) is 30.7 Å². The second kappa shape index (κ2) is 7.43. The van der Waals surface area contributed by atoms with Crippen molar-refractivity contribution < 1.29 is 9.53 Å². The molecule has 1 aliphatic heterocycles. The van der Waals surface area contributed by atoms with Gasteiger partial charge in [0.2, 0.25) is 5.91 Å². The maximum atomic E-state index is 12.0. The molecule has 1 fully saturated rings. The number of rotatable bonds is 5. The molecular weight excluding hydrogens is 310 g/mol. The lowest BCUT2D eigenvalue weighted by molar-refractivity contribution is -0.133. The molecule has 0 N–H and O–H groups in total. The zero-order chi connectivity index (χ0) is 13.5. The van der Waals surface area contributed by atoms with E-state index >= 15 is 0 Å². The molecule has 1 atom stereocenters. The minimum atomic E-state index is 0.00377. The normalized spacial score (nSPS) is 19.2. The number of amides is 1. The molecule has 0 aliphatic carbocycles. The van der Waals surface area contributed by atoms with Gasteiger partial charge >= 0.3 is 6.01 Å². The Balaban J connectivity index is 1.85. The Kier molecular flexibility index (Phi) is 5.57. The summed E-state index contributed by atoms with van der Waals surface area (Å²) in [7, 11) is 0. The van der Waals surface area contributed by atoms with Crippen LogP contribution in [0.4, 0.5) is 0 Å². The molecule has 2 rings (SSSR count). The highest BCUT2D eigenvalue weighted by Crippen LogP contribution is 2.16. The molecule has 1 aromatic heterocycles. The van der Waals surface area contributed by atoms with E-state index in [9.17, 15) is 4.79 Å². The standard InChI is InChI=1S/C13H18BrN3O2/c14-6-1-5-12(18)17-9-2-4-11(10-17)19-13-15-7-3-8-16-13/h3,7-8,11H,1-2,4-6,9-10H2. The maximum Gasteiger partial charge on any atom is 0.316 e. The number of piperidine rings is 1. The van der Waals surface area contributed by atoms with Gasteiger partial charge in [0.05, 0.1) is 6.54 Å². The number of carbonyl (C=O) groups is 1. The minimum Gasteiger partial charge on any atom is -0.458 e. The van der Waals surface area contributed by atoms with Gasteiger partial charge in [-0.1, -0.05) is 15.9 Å². The third kappa shape index (κ3) is 4.45. The van der Waals surface area contributed by atoms with E-state index in [-0.39, 0.29) is 12.0 Å². The number of likely N-dealkylation sites (tertiary alicyclic amines) is 1. The molecule has 1 aromatic rings. The molecular formula is C13H18BrN3O2. The van der Waals surface area contributed by atoms with Crippen LogP contribution >= 0.6 is 15.9 Å². The molecule has 0 radical (unpaired) electrons. The summed E-state index contributed by atoms with van der Waals surface area (Å²) in [6.45, 7) is 1.47. The predicted octanol–water partition coefficient (Wildman–Crippen LogP) is 2.02. The second-order valence-corrected chi connectivity index (χ2v) is 5.34. The first kappa shape index (κ1) is 14.2. The van der Waals surface area contributed by atoms with E-state index < -0.39 is 0 Å². The van der Waals surface area contributed by atoms with E-state index in [4.69, 9.17) is 4.74 Å². The Morgan fingerprint density at radius 2 is 2.26 bits per heavy atom. The second-order valence-electron chi connectivity index (χ2n) is 4.55. The topological polar surface area (TPSA) is 55.3 Å². The van der Waals surface area contributed by atoms with E-state index in [0.29, 0.717) is 19.0 Å². The van der Waals surface area contributed by atoms with Gasteiger partial charge < -0.3 is 9.64 Å². The van der Waals surface area contributed by atoms with Crippen LogP contribution < -0.4 is 4.74 Å². The molecule has 0 saturated carbocycles. The lowest BCUT2D eigenvalue weighted by Gasteiger charge is -2.32. The number of halogens is 1. The fourth-order valence-electron chi connectivity index (χ4n) is 2.13. The summed E-state index contributed by atoms with van der Waals surface area (Å²) in [5.74, 6) is 0.210. The first-order chi connectivity index (χ1) is 9.29. The van der Waals surface area contributed by atoms with Crippen molar-refractivity contribution in [3.8, 4) is 6.01 Å². The van der Waals surface area contributed by atoms with Crippen molar-refractivity contribution in [3.05, 3.63) is 18.5 Å². The molecule has 0 bridgehead atoms. The molecule has 1 saturated heterocycles. The number of ether oxygens (including phenoxy) is 1. The highest BCUT2D eigenvalue weighted by Gasteiger charge is 2.24.